The van der Waals surface area contributed by atoms with Gasteiger partial charge in [0, 0.05) is 12.7 Å². The number of hydrogen-bond donors (Lipinski definition) is 0. The summed E-state index contributed by atoms with van der Waals surface area (Å²) in [4.78, 5) is 12.4. The van der Waals surface area contributed by atoms with E-state index in [1.165, 1.54) is 0 Å². The standard InChI is InChI=1S/C15H14O4/c1-17-8-10-6-7-14(19-10)15(16)12-9-18-13-5-3-2-4-11(12)13/h2-7,12H,8-9H2,1H3. The van der Waals surface area contributed by atoms with Crippen molar-refractivity contribution < 1.29 is 18.7 Å². The number of ketones is 1. The second-order valence-electron chi connectivity index (χ2n) is 4.46. The highest BCUT2D eigenvalue weighted by Gasteiger charge is 2.32. The van der Waals surface area contributed by atoms with Gasteiger partial charge in [-0.15, -0.1) is 0 Å². The number of carbonyl (C=O) groups excluding carboxylic acids is 1. The first-order valence-corrected chi connectivity index (χ1v) is 6.13. The summed E-state index contributed by atoms with van der Waals surface area (Å²) in [6.07, 6.45) is 0. The number of hydrogen-bond acceptors (Lipinski definition) is 4. The van der Waals surface area contributed by atoms with Crippen molar-refractivity contribution in [1.29, 1.82) is 0 Å². The topological polar surface area (TPSA) is 48.7 Å². The van der Waals surface area contributed by atoms with Gasteiger partial charge in [0.25, 0.3) is 0 Å². The summed E-state index contributed by atoms with van der Waals surface area (Å²) in [6, 6.07) is 11.1. The van der Waals surface area contributed by atoms with Gasteiger partial charge < -0.3 is 13.9 Å². The van der Waals surface area contributed by atoms with E-state index in [1.807, 2.05) is 24.3 Å². The maximum absolute atomic E-state index is 12.4. The first kappa shape index (κ1) is 12.0. The normalized spacial score (nSPS) is 17.0. The van der Waals surface area contributed by atoms with Crippen molar-refractivity contribution >= 4 is 5.78 Å². The summed E-state index contributed by atoms with van der Waals surface area (Å²) >= 11 is 0. The highest BCUT2D eigenvalue weighted by Crippen LogP contribution is 2.35. The van der Waals surface area contributed by atoms with Gasteiger partial charge in [-0.05, 0) is 18.2 Å². The lowest BCUT2D eigenvalue weighted by Crippen LogP contribution is -2.13. The lowest BCUT2D eigenvalue weighted by molar-refractivity contribution is 0.0911. The quantitative estimate of drug-likeness (QED) is 0.791. The van der Waals surface area contributed by atoms with Gasteiger partial charge in [-0.2, -0.15) is 0 Å². The number of benzene rings is 1. The molecule has 98 valence electrons. The Labute approximate surface area is 110 Å². The minimum atomic E-state index is -0.280. The fourth-order valence-corrected chi connectivity index (χ4v) is 2.28. The van der Waals surface area contributed by atoms with Crippen molar-refractivity contribution in [1.82, 2.24) is 0 Å². The van der Waals surface area contributed by atoms with Crippen LogP contribution in [-0.2, 0) is 11.3 Å². The Bertz CT molecular complexity index is 600. The molecule has 0 fully saturated rings. The second kappa shape index (κ2) is 4.90. The van der Waals surface area contributed by atoms with Gasteiger partial charge in [0.2, 0.25) is 5.78 Å². The van der Waals surface area contributed by atoms with E-state index in [4.69, 9.17) is 13.9 Å². The molecule has 1 aliphatic rings. The Kier molecular flexibility index (Phi) is 3.09. The monoisotopic (exact) mass is 258 g/mol. The van der Waals surface area contributed by atoms with Crippen LogP contribution in [0, 0.1) is 0 Å². The average Bonchev–Trinajstić information content (AvgIpc) is 3.05. The first-order chi connectivity index (χ1) is 9.29. The second-order valence-corrected chi connectivity index (χ2v) is 4.46. The van der Waals surface area contributed by atoms with Crippen LogP contribution < -0.4 is 4.74 Å². The summed E-state index contributed by atoms with van der Waals surface area (Å²) in [7, 11) is 1.59. The molecular formula is C15H14O4. The van der Waals surface area contributed by atoms with Crippen molar-refractivity contribution in [2.75, 3.05) is 13.7 Å². The number of furan rings is 1. The molecule has 4 nitrogen and oxygen atoms in total. The molecule has 1 aromatic carbocycles. The molecule has 0 N–H and O–H groups in total. The number of Topliss-reactive ketones (excluding diaryl/α,β-unsaturated/α-hetero) is 1. The number of fused-ring (bicyclic) bond motifs is 1. The van der Waals surface area contributed by atoms with Crippen LogP contribution in [0.1, 0.15) is 27.8 Å². The minimum Gasteiger partial charge on any atom is -0.492 e. The third-order valence-corrected chi connectivity index (χ3v) is 3.21. The molecule has 1 unspecified atom stereocenters. The lowest BCUT2D eigenvalue weighted by Gasteiger charge is -2.05. The molecule has 0 saturated heterocycles. The van der Waals surface area contributed by atoms with E-state index in [9.17, 15) is 4.79 Å². The van der Waals surface area contributed by atoms with Crippen LogP contribution in [0.3, 0.4) is 0 Å². The van der Waals surface area contributed by atoms with Crippen molar-refractivity contribution in [3.63, 3.8) is 0 Å². The third-order valence-electron chi connectivity index (χ3n) is 3.21. The summed E-state index contributed by atoms with van der Waals surface area (Å²) in [5.41, 5.74) is 0.928. The maximum Gasteiger partial charge on any atom is 0.208 e. The molecule has 0 amide bonds. The van der Waals surface area contributed by atoms with Crippen LogP contribution in [0.25, 0.3) is 0 Å². The molecule has 19 heavy (non-hydrogen) atoms. The van der Waals surface area contributed by atoms with Gasteiger partial charge in [-0.3, -0.25) is 4.79 Å². The molecule has 0 bridgehead atoms. The van der Waals surface area contributed by atoms with Gasteiger partial charge in [0.15, 0.2) is 5.76 Å². The molecule has 1 aliphatic heterocycles. The molecule has 3 rings (SSSR count). The summed E-state index contributed by atoms with van der Waals surface area (Å²) in [5.74, 6) is 1.46. The molecule has 0 saturated carbocycles. The largest absolute Gasteiger partial charge is 0.492 e. The molecule has 2 aromatic rings. The summed E-state index contributed by atoms with van der Waals surface area (Å²) in [6.45, 7) is 0.740. The van der Waals surface area contributed by atoms with Crippen LogP contribution in [0.4, 0.5) is 0 Å². The van der Waals surface area contributed by atoms with Gasteiger partial charge in [-0.25, -0.2) is 0 Å². The van der Waals surface area contributed by atoms with Gasteiger partial charge in [0.05, 0.1) is 5.92 Å². The molecule has 0 spiro atoms. The van der Waals surface area contributed by atoms with E-state index in [-0.39, 0.29) is 11.7 Å². The maximum atomic E-state index is 12.4. The van der Waals surface area contributed by atoms with Crippen LogP contribution in [0.2, 0.25) is 0 Å². The average molecular weight is 258 g/mol. The molecule has 1 aromatic heterocycles. The Morgan fingerprint density at radius 1 is 1.32 bits per heavy atom. The Morgan fingerprint density at radius 2 is 2.16 bits per heavy atom. The summed E-state index contributed by atoms with van der Waals surface area (Å²) < 4.78 is 16.0. The Hall–Kier alpha value is -2.07. The molecular weight excluding hydrogens is 244 g/mol. The Morgan fingerprint density at radius 3 is 3.00 bits per heavy atom. The summed E-state index contributed by atoms with van der Waals surface area (Å²) in [5, 5.41) is 0. The molecule has 0 radical (unpaired) electrons. The molecule has 2 heterocycles. The SMILES string of the molecule is COCc1ccc(C(=O)C2COc3ccccc32)o1. The number of para-hydroxylation sites is 1. The van der Waals surface area contributed by atoms with Crippen molar-refractivity contribution in [3.8, 4) is 5.75 Å². The van der Waals surface area contributed by atoms with Crippen LogP contribution >= 0.6 is 0 Å². The zero-order valence-corrected chi connectivity index (χ0v) is 10.6. The molecule has 0 aliphatic carbocycles. The third kappa shape index (κ3) is 2.15. The van der Waals surface area contributed by atoms with E-state index in [0.29, 0.717) is 24.7 Å². The minimum absolute atomic E-state index is 0.0488. The van der Waals surface area contributed by atoms with E-state index in [1.54, 1.807) is 19.2 Å². The van der Waals surface area contributed by atoms with Crippen LogP contribution in [0.5, 0.6) is 5.75 Å². The van der Waals surface area contributed by atoms with Gasteiger partial charge >= 0.3 is 0 Å². The number of rotatable bonds is 4. The molecule has 4 heteroatoms. The predicted octanol–water partition coefficient (Wildman–Crippen LogP) is 2.78. The van der Waals surface area contributed by atoms with E-state index in [0.717, 1.165) is 11.3 Å². The number of methoxy groups -OCH3 is 1. The highest BCUT2D eigenvalue weighted by molar-refractivity contribution is 5.99. The predicted molar refractivity (Wildman–Crippen MR) is 68.4 cm³/mol. The zero-order chi connectivity index (χ0) is 13.2. The van der Waals surface area contributed by atoms with E-state index < -0.39 is 0 Å². The highest BCUT2D eigenvalue weighted by atomic mass is 16.5. The fraction of sp³-hybridized carbons (Fsp3) is 0.267. The number of ether oxygens (including phenoxy) is 2. The van der Waals surface area contributed by atoms with E-state index in [2.05, 4.69) is 0 Å². The van der Waals surface area contributed by atoms with Crippen molar-refractivity contribution in [2.45, 2.75) is 12.5 Å². The van der Waals surface area contributed by atoms with Crippen molar-refractivity contribution in [3.05, 3.63) is 53.5 Å². The first-order valence-electron chi connectivity index (χ1n) is 6.13. The fourth-order valence-electron chi connectivity index (χ4n) is 2.28. The van der Waals surface area contributed by atoms with Crippen LogP contribution in [0.15, 0.2) is 40.8 Å². The van der Waals surface area contributed by atoms with Gasteiger partial charge in [-0.1, -0.05) is 18.2 Å². The van der Waals surface area contributed by atoms with Crippen LogP contribution in [-0.4, -0.2) is 19.5 Å². The molecule has 1 atom stereocenters. The lowest BCUT2D eigenvalue weighted by atomic mass is 9.95. The smallest absolute Gasteiger partial charge is 0.208 e. The van der Waals surface area contributed by atoms with Crippen molar-refractivity contribution in [2.24, 2.45) is 0 Å². The van der Waals surface area contributed by atoms with E-state index >= 15 is 0 Å². The Balaban J connectivity index is 1.85. The zero-order valence-electron chi connectivity index (χ0n) is 10.6. The number of carbonyl (C=O) groups is 1. The van der Waals surface area contributed by atoms with Gasteiger partial charge in [0.1, 0.15) is 24.7 Å².